The van der Waals surface area contributed by atoms with Crippen LogP contribution in [0.25, 0.3) is 0 Å². The lowest BCUT2D eigenvalue weighted by atomic mass is 10.1. The van der Waals surface area contributed by atoms with Gasteiger partial charge in [0.25, 0.3) is 0 Å². The molecule has 1 aromatic heterocycles. The molecule has 0 N–H and O–H groups in total. The lowest BCUT2D eigenvalue weighted by molar-refractivity contribution is 0.474. The molecular weight excluding hydrogens is 243 g/mol. The van der Waals surface area contributed by atoms with Crippen LogP contribution >= 0.6 is 23.2 Å². The molecule has 0 saturated carbocycles. The Morgan fingerprint density at radius 3 is 2.38 bits per heavy atom. The lowest BCUT2D eigenvalue weighted by Crippen LogP contribution is -1.90. The Kier molecular flexibility index (Phi) is 3.57. The van der Waals surface area contributed by atoms with Gasteiger partial charge in [0, 0.05) is 11.4 Å². The Balaban J connectivity index is 2.24. The quantitative estimate of drug-likeness (QED) is 0.716. The molecule has 2 rings (SSSR count). The summed E-state index contributed by atoms with van der Waals surface area (Å²) in [5, 5.41) is 0.457. The van der Waals surface area contributed by atoms with Crippen LogP contribution in [0.3, 0.4) is 0 Å². The molecular formula is C13H12Cl2O. The van der Waals surface area contributed by atoms with Crippen LogP contribution in [-0.4, -0.2) is 0 Å². The first-order chi connectivity index (χ1) is 7.70. The SMILES string of the molecule is CCc1ccc(C(Cl)c2ccc(Cl)cc2)o1. The molecule has 1 aromatic carbocycles. The highest BCUT2D eigenvalue weighted by molar-refractivity contribution is 6.30. The van der Waals surface area contributed by atoms with Crippen molar-refractivity contribution in [1.29, 1.82) is 0 Å². The summed E-state index contributed by atoms with van der Waals surface area (Å²) < 4.78 is 5.61. The second-order valence-corrected chi connectivity index (χ2v) is 4.44. The minimum atomic E-state index is -0.252. The van der Waals surface area contributed by atoms with Gasteiger partial charge in [0.1, 0.15) is 16.9 Å². The molecule has 0 bridgehead atoms. The van der Waals surface area contributed by atoms with E-state index in [0.717, 1.165) is 23.5 Å². The zero-order valence-corrected chi connectivity index (χ0v) is 10.4. The molecule has 16 heavy (non-hydrogen) atoms. The molecule has 1 nitrogen and oxygen atoms in total. The Morgan fingerprint density at radius 1 is 1.12 bits per heavy atom. The van der Waals surface area contributed by atoms with Crippen LogP contribution in [-0.2, 0) is 6.42 Å². The lowest BCUT2D eigenvalue weighted by Gasteiger charge is -2.06. The van der Waals surface area contributed by atoms with Gasteiger partial charge in [0.05, 0.1) is 0 Å². The molecule has 2 aromatic rings. The van der Waals surface area contributed by atoms with Gasteiger partial charge < -0.3 is 4.42 Å². The van der Waals surface area contributed by atoms with Crippen molar-refractivity contribution in [2.75, 3.05) is 0 Å². The first-order valence-corrected chi connectivity index (χ1v) is 6.00. The van der Waals surface area contributed by atoms with Gasteiger partial charge in [-0.05, 0) is 29.8 Å². The Labute approximate surface area is 105 Å². The van der Waals surface area contributed by atoms with Gasteiger partial charge in [-0.3, -0.25) is 0 Å². The van der Waals surface area contributed by atoms with Crippen molar-refractivity contribution >= 4 is 23.2 Å². The smallest absolute Gasteiger partial charge is 0.126 e. The maximum absolute atomic E-state index is 6.32. The molecule has 1 unspecified atom stereocenters. The molecule has 0 spiro atoms. The third-order valence-electron chi connectivity index (χ3n) is 2.44. The predicted octanol–water partition coefficient (Wildman–Crippen LogP) is 4.82. The minimum absolute atomic E-state index is 0.252. The van der Waals surface area contributed by atoms with E-state index >= 15 is 0 Å². The second kappa shape index (κ2) is 4.94. The van der Waals surface area contributed by atoms with E-state index in [1.165, 1.54) is 0 Å². The van der Waals surface area contributed by atoms with Gasteiger partial charge in [-0.15, -0.1) is 11.6 Å². The van der Waals surface area contributed by atoms with E-state index < -0.39 is 0 Å². The van der Waals surface area contributed by atoms with Gasteiger partial charge in [-0.1, -0.05) is 30.7 Å². The van der Waals surface area contributed by atoms with Gasteiger partial charge in [0.15, 0.2) is 0 Å². The van der Waals surface area contributed by atoms with Crippen LogP contribution in [0, 0.1) is 0 Å². The second-order valence-electron chi connectivity index (χ2n) is 3.57. The highest BCUT2D eigenvalue weighted by Crippen LogP contribution is 2.30. The van der Waals surface area contributed by atoms with Crippen LogP contribution in [0.2, 0.25) is 5.02 Å². The van der Waals surface area contributed by atoms with E-state index in [0.29, 0.717) is 5.02 Å². The number of hydrogen-bond acceptors (Lipinski definition) is 1. The van der Waals surface area contributed by atoms with E-state index in [1.807, 2.05) is 43.3 Å². The Morgan fingerprint density at radius 2 is 1.81 bits per heavy atom. The van der Waals surface area contributed by atoms with E-state index in [9.17, 15) is 0 Å². The summed E-state index contributed by atoms with van der Waals surface area (Å²) in [5.41, 5.74) is 0.989. The number of halogens is 2. The van der Waals surface area contributed by atoms with Gasteiger partial charge in [-0.25, -0.2) is 0 Å². The number of aryl methyl sites for hydroxylation is 1. The average Bonchev–Trinajstić information content (AvgIpc) is 2.77. The van der Waals surface area contributed by atoms with Crippen molar-refractivity contribution in [3.05, 3.63) is 58.5 Å². The standard InChI is InChI=1S/C13H12Cl2O/c1-2-11-7-8-12(16-11)13(15)9-3-5-10(14)6-4-9/h3-8,13H,2H2,1H3. The summed E-state index contributed by atoms with van der Waals surface area (Å²) in [4.78, 5) is 0. The summed E-state index contributed by atoms with van der Waals surface area (Å²) in [6, 6.07) is 11.4. The maximum atomic E-state index is 6.32. The molecule has 84 valence electrons. The third-order valence-corrected chi connectivity index (χ3v) is 3.16. The fourth-order valence-electron chi connectivity index (χ4n) is 1.52. The minimum Gasteiger partial charge on any atom is -0.464 e. The molecule has 0 radical (unpaired) electrons. The number of benzene rings is 1. The zero-order chi connectivity index (χ0) is 11.5. The third kappa shape index (κ3) is 2.42. The average molecular weight is 255 g/mol. The Hall–Kier alpha value is -0.920. The Bertz CT molecular complexity index is 459. The molecule has 0 aliphatic heterocycles. The number of rotatable bonds is 3. The van der Waals surface area contributed by atoms with E-state index in [4.69, 9.17) is 27.6 Å². The molecule has 3 heteroatoms. The molecule has 0 amide bonds. The highest BCUT2D eigenvalue weighted by atomic mass is 35.5. The zero-order valence-electron chi connectivity index (χ0n) is 8.91. The van der Waals surface area contributed by atoms with E-state index in [1.54, 1.807) is 0 Å². The fourth-order valence-corrected chi connectivity index (χ4v) is 1.91. The summed E-state index contributed by atoms with van der Waals surface area (Å²) in [7, 11) is 0. The molecule has 0 aliphatic rings. The predicted molar refractivity (Wildman–Crippen MR) is 67.2 cm³/mol. The van der Waals surface area contributed by atoms with Crippen molar-refractivity contribution in [3.8, 4) is 0 Å². The van der Waals surface area contributed by atoms with Crippen molar-refractivity contribution in [3.63, 3.8) is 0 Å². The highest BCUT2D eigenvalue weighted by Gasteiger charge is 2.14. The van der Waals surface area contributed by atoms with Gasteiger partial charge in [-0.2, -0.15) is 0 Å². The maximum Gasteiger partial charge on any atom is 0.126 e. The number of furan rings is 1. The van der Waals surface area contributed by atoms with Crippen LogP contribution in [0.1, 0.15) is 29.4 Å². The van der Waals surface area contributed by atoms with Crippen LogP contribution in [0.4, 0.5) is 0 Å². The summed E-state index contributed by atoms with van der Waals surface area (Å²) in [6.07, 6.45) is 0.879. The number of alkyl halides is 1. The van der Waals surface area contributed by atoms with E-state index in [2.05, 4.69) is 0 Å². The van der Waals surface area contributed by atoms with Crippen LogP contribution < -0.4 is 0 Å². The first kappa shape index (κ1) is 11.6. The molecule has 0 aliphatic carbocycles. The monoisotopic (exact) mass is 254 g/mol. The van der Waals surface area contributed by atoms with Gasteiger partial charge >= 0.3 is 0 Å². The summed E-state index contributed by atoms with van der Waals surface area (Å²) in [5.74, 6) is 1.73. The molecule has 0 fully saturated rings. The summed E-state index contributed by atoms with van der Waals surface area (Å²) >= 11 is 12.1. The van der Waals surface area contributed by atoms with Crippen molar-refractivity contribution in [2.24, 2.45) is 0 Å². The summed E-state index contributed by atoms with van der Waals surface area (Å²) in [6.45, 7) is 2.05. The molecule has 1 heterocycles. The van der Waals surface area contributed by atoms with Crippen LogP contribution in [0.5, 0.6) is 0 Å². The van der Waals surface area contributed by atoms with E-state index in [-0.39, 0.29) is 5.38 Å². The van der Waals surface area contributed by atoms with Crippen molar-refractivity contribution in [1.82, 2.24) is 0 Å². The van der Waals surface area contributed by atoms with Crippen LogP contribution in [0.15, 0.2) is 40.8 Å². The first-order valence-electron chi connectivity index (χ1n) is 5.19. The van der Waals surface area contributed by atoms with Crippen molar-refractivity contribution < 1.29 is 4.42 Å². The van der Waals surface area contributed by atoms with Crippen molar-refractivity contribution in [2.45, 2.75) is 18.7 Å². The largest absolute Gasteiger partial charge is 0.464 e. The number of hydrogen-bond donors (Lipinski definition) is 0. The molecule has 1 atom stereocenters. The molecule has 0 saturated heterocycles. The topological polar surface area (TPSA) is 13.1 Å². The fraction of sp³-hybridized carbons (Fsp3) is 0.231. The normalized spacial score (nSPS) is 12.7. The van der Waals surface area contributed by atoms with Gasteiger partial charge in [0.2, 0.25) is 0 Å².